The van der Waals surface area contributed by atoms with Crippen LogP contribution in [0.5, 0.6) is 0 Å². The van der Waals surface area contributed by atoms with Crippen LogP contribution in [0.1, 0.15) is 60.8 Å². The first kappa shape index (κ1) is 31.3. The molecule has 2 atom stereocenters. The molecule has 0 bridgehead atoms. The summed E-state index contributed by atoms with van der Waals surface area (Å²) in [5.41, 5.74) is 1.33. The van der Waals surface area contributed by atoms with Gasteiger partial charge in [0.25, 0.3) is 0 Å². The third kappa shape index (κ3) is 7.49. The predicted molar refractivity (Wildman–Crippen MR) is 171 cm³/mol. The summed E-state index contributed by atoms with van der Waals surface area (Å²) in [6.45, 7) is 23.1. The van der Waals surface area contributed by atoms with Gasteiger partial charge in [-0.15, -0.1) is 0 Å². The molecule has 0 saturated heterocycles. The number of rotatable bonds is 9. The van der Waals surface area contributed by atoms with Gasteiger partial charge in [0.2, 0.25) is 0 Å². The van der Waals surface area contributed by atoms with Gasteiger partial charge in [0, 0.05) is 23.2 Å². The summed E-state index contributed by atoms with van der Waals surface area (Å²) >= 11 is 0. The normalized spacial score (nSPS) is 19.8. The minimum Gasteiger partial charge on any atom is -0.414 e. The zero-order valence-corrected chi connectivity index (χ0v) is 28.4. The molecule has 0 spiro atoms. The van der Waals surface area contributed by atoms with E-state index in [1.165, 1.54) is 5.57 Å². The van der Waals surface area contributed by atoms with Gasteiger partial charge in [0.05, 0.1) is 12.2 Å². The Morgan fingerprint density at radius 1 is 0.763 bits per heavy atom. The minimum atomic E-state index is -2.77. The van der Waals surface area contributed by atoms with Crippen molar-refractivity contribution in [3.05, 3.63) is 72.3 Å². The Balaban J connectivity index is 1.91. The van der Waals surface area contributed by atoms with Gasteiger partial charge in [-0.1, -0.05) is 114 Å². The molecule has 1 aliphatic rings. The first-order valence-corrected chi connectivity index (χ1v) is 21.9. The average Bonchev–Trinajstić information content (AvgIpc) is 2.81. The van der Waals surface area contributed by atoms with Crippen molar-refractivity contribution >= 4 is 34.4 Å². The summed E-state index contributed by atoms with van der Waals surface area (Å²) in [4.78, 5) is 0. The fraction of sp³-hybridized carbons (Fsp3) is 0.562. The highest BCUT2D eigenvalue weighted by molar-refractivity contribution is 7.78. The molecule has 1 aliphatic carbocycles. The fourth-order valence-corrected chi connectivity index (χ4v) is 9.95. The summed E-state index contributed by atoms with van der Waals surface area (Å²) < 4.78 is 28.6. The molecular weight excluding hydrogens is 519 g/mol. The van der Waals surface area contributed by atoms with Gasteiger partial charge in [0.15, 0.2) is 16.6 Å². The Morgan fingerprint density at radius 3 is 1.66 bits per heavy atom. The van der Waals surface area contributed by atoms with E-state index in [0.717, 1.165) is 29.9 Å². The van der Waals surface area contributed by atoms with Gasteiger partial charge in [-0.3, -0.25) is 0 Å². The SMILES string of the molecule is CC(C)(C)[Si](C)(C)OC1C=C(CCP(=O)(c2ccccc2)c2ccccc2)CC(O[Si](C)(C)C(C)(C)C)C1. The van der Waals surface area contributed by atoms with E-state index >= 15 is 0 Å². The molecule has 0 aliphatic heterocycles. The van der Waals surface area contributed by atoms with E-state index in [1.807, 2.05) is 60.7 Å². The highest BCUT2D eigenvalue weighted by atomic mass is 31.2. The molecule has 0 saturated carbocycles. The molecule has 3 rings (SSSR count). The third-order valence-electron chi connectivity index (χ3n) is 9.02. The monoisotopic (exact) mass is 570 g/mol. The summed E-state index contributed by atoms with van der Waals surface area (Å²) in [6.07, 6.45) is 5.74. The summed E-state index contributed by atoms with van der Waals surface area (Å²) in [7, 11) is -6.66. The van der Waals surface area contributed by atoms with Gasteiger partial charge in [0.1, 0.15) is 7.14 Å². The van der Waals surface area contributed by atoms with E-state index < -0.39 is 23.8 Å². The third-order valence-corrected chi connectivity index (χ3v) is 21.2. The average molecular weight is 571 g/mol. The van der Waals surface area contributed by atoms with E-state index in [1.54, 1.807) is 0 Å². The molecule has 2 aromatic rings. The van der Waals surface area contributed by atoms with E-state index in [0.29, 0.717) is 6.16 Å². The zero-order valence-electron chi connectivity index (χ0n) is 25.5. The second kappa shape index (κ2) is 11.7. The summed E-state index contributed by atoms with van der Waals surface area (Å²) in [5.74, 6) is 0. The molecule has 0 heterocycles. The fourth-order valence-electron chi connectivity index (χ4n) is 4.59. The molecule has 0 radical (unpaired) electrons. The molecule has 0 N–H and O–H groups in total. The maximum absolute atomic E-state index is 14.7. The predicted octanol–water partition coefficient (Wildman–Crippen LogP) is 8.89. The maximum atomic E-state index is 14.7. The zero-order chi connectivity index (χ0) is 28.4. The smallest absolute Gasteiger partial charge is 0.192 e. The van der Waals surface area contributed by atoms with E-state index in [9.17, 15) is 4.57 Å². The lowest BCUT2D eigenvalue weighted by Gasteiger charge is -2.44. The Labute approximate surface area is 235 Å². The highest BCUT2D eigenvalue weighted by Gasteiger charge is 2.43. The second-order valence-electron chi connectivity index (χ2n) is 14.1. The molecule has 38 heavy (non-hydrogen) atoms. The largest absolute Gasteiger partial charge is 0.414 e. The first-order valence-electron chi connectivity index (χ1n) is 14.2. The van der Waals surface area contributed by atoms with Gasteiger partial charge in [-0.05, 0) is 49.1 Å². The van der Waals surface area contributed by atoms with Crippen molar-refractivity contribution < 1.29 is 13.4 Å². The van der Waals surface area contributed by atoms with Crippen LogP contribution in [0.25, 0.3) is 0 Å². The van der Waals surface area contributed by atoms with E-state index in [2.05, 4.69) is 73.8 Å². The number of hydrogen-bond donors (Lipinski definition) is 0. The highest BCUT2D eigenvalue weighted by Crippen LogP contribution is 2.46. The van der Waals surface area contributed by atoms with Crippen molar-refractivity contribution in [3.63, 3.8) is 0 Å². The van der Waals surface area contributed by atoms with Crippen molar-refractivity contribution in [2.75, 3.05) is 6.16 Å². The van der Waals surface area contributed by atoms with Crippen molar-refractivity contribution in [2.45, 2.75) is 109 Å². The summed E-state index contributed by atoms with van der Waals surface area (Å²) in [5, 5.41) is 2.17. The maximum Gasteiger partial charge on any atom is 0.192 e. The number of hydrogen-bond acceptors (Lipinski definition) is 3. The van der Waals surface area contributed by atoms with Crippen molar-refractivity contribution in [1.82, 2.24) is 0 Å². The molecule has 6 heteroatoms. The molecule has 0 amide bonds. The minimum absolute atomic E-state index is 0.0437. The quantitative estimate of drug-likeness (QED) is 0.172. The Hall–Kier alpha value is -1.24. The molecule has 210 valence electrons. The lowest BCUT2D eigenvalue weighted by Crippen LogP contribution is -2.48. The van der Waals surface area contributed by atoms with Crippen molar-refractivity contribution in [2.24, 2.45) is 0 Å². The van der Waals surface area contributed by atoms with Crippen LogP contribution in [0.4, 0.5) is 0 Å². The van der Waals surface area contributed by atoms with Crippen LogP contribution in [-0.4, -0.2) is 35.0 Å². The van der Waals surface area contributed by atoms with Crippen LogP contribution in [0, 0.1) is 0 Å². The second-order valence-corrected chi connectivity index (χ2v) is 26.5. The topological polar surface area (TPSA) is 35.5 Å². The Kier molecular flexibility index (Phi) is 9.64. The molecule has 2 aromatic carbocycles. The number of benzene rings is 2. The first-order chi connectivity index (χ1) is 17.4. The lowest BCUT2D eigenvalue weighted by molar-refractivity contribution is 0.103. The van der Waals surface area contributed by atoms with Crippen molar-refractivity contribution in [3.8, 4) is 0 Å². The molecule has 0 fully saturated rings. The van der Waals surface area contributed by atoms with Crippen LogP contribution in [0.2, 0.25) is 36.3 Å². The Bertz CT molecular complexity index is 1090. The van der Waals surface area contributed by atoms with Gasteiger partial charge < -0.3 is 13.4 Å². The molecule has 2 unspecified atom stereocenters. The molecule has 0 aromatic heterocycles. The van der Waals surface area contributed by atoms with Gasteiger partial charge >= 0.3 is 0 Å². The van der Waals surface area contributed by atoms with Crippen LogP contribution in [-0.2, 0) is 13.4 Å². The van der Waals surface area contributed by atoms with Crippen LogP contribution >= 0.6 is 7.14 Å². The van der Waals surface area contributed by atoms with Crippen LogP contribution in [0.3, 0.4) is 0 Å². The van der Waals surface area contributed by atoms with E-state index in [-0.39, 0.29) is 22.3 Å². The Morgan fingerprint density at radius 2 is 1.21 bits per heavy atom. The van der Waals surface area contributed by atoms with Crippen LogP contribution in [0.15, 0.2) is 72.3 Å². The van der Waals surface area contributed by atoms with Crippen LogP contribution < -0.4 is 10.6 Å². The molecular formula is C32H51O3PSi2. The van der Waals surface area contributed by atoms with Gasteiger partial charge in [-0.2, -0.15) is 0 Å². The van der Waals surface area contributed by atoms with E-state index in [4.69, 9.17) is 8.85 Å². The molecule has 3 nitrogen and oxygen atoms in total. The lowest BCUT2D eigenvalue weighted by atomic mass is 9.93. The van der Waals surface area contributed by atoms with Gasteiger partial charge in [-0.25, -0.2) is 0 Å². The summed E-state index contributed by atoms with van der Waals surface area (Å²) in [6, 6.07) is 20.1. The van der Waals surface area contributed by atoms with Crippen molar-refractivity contribution in [1.29, 1.82) is 0 Å². The standard InChI is InChI=1S/C32H51O3PSi2/c1-31(2,3)37(7,8)34-27-23-26(24-28(25-27)35-38(9,10)32(4,5)6)21-22-36(33,29-17-13-11-14-18-29)30-19-15-12-16-20-30/h11-20,23,27-28H,21-22,24-25H2,1-10H3.